The molecule has 20 heavy (non-hydrogen) atoms. The summed E-state index contributed by atoms with van der Waals surface area (Å²) >= 11 is 0. The first-order chi connectivity index (χ1) is 9.67. The molecule has 1 heterocycles. The van der Waals surface area contributed by atoms with E-state index in [1.54, 1.807) is 50.6 Å². The lowest BCUT2D eigenvalue weighted by Crippen LogP contribution is -2.30. The van der Waals surface area contributed by atoms with E-state index in [4.69, 9.17) is 9.15 Å². The lowest BCUT2D eigenvalue weighted by atomic mass is 10.1. The first kappa shape index (κ1) is 13.7. The van der Waals surface area contributed by atoms with Crippen molar-refractivity contribution in [2.24, 2.45) is 0 Å². The fraction of sp³-hybridized carbons (Fsp3) is 0.200. The third kappa shape index (κ3) is 2.64. The molecule has 0 aliphatic heterocycles. The lowest BCUT2D eigenvalue weighted by molar-refractivity contribution is 0.0750. The van der Waals surface area contributed by atoms with Gasteiger partial charge in [0, 0.05) is 12.6 Å². The molecule has 1 unspecified atom stereocenters. The topological polar surface area (TPSA) is 66.5 Å². The van der Waals surface area contributed by atoms with Crippen molar-refractivity contribution in [3.8, 4) is 11.8 Å². The molecule has 2 aromatic rings. The Labute approximate surface area is 117 Å². The highest BCUT2D eigenvalue weighted by atomic mass is 16.5. The highest BCUT2D eigenvalue weighted by molar-refractivity contribution is 5.94. The number of hydrogen-bond acceptors (Lipinski definition) is 4. The SMILES string of the molecule is COc1ccc(C(=O)N(C)C(C#N)c2ccco2)cc1. The smallest absolute Gasteiger partial charge is 0.255 e. The number of furan rings is 1. The zero-order chi connectivity index (χ0) is 14.5. The first-order valence-electron chi connectivity index (χ1n) is 6.01. The summed E-state index contributed by atoms with van der Waals surface area (Å²) in [5.74, 6) is 0.861. The van der Waals surface area contributed by atoms with Crippen molar-refractivity contribution in [1.29, 1.82) is 5.26 Å². The molecule has 0 saturated heterocycles. The van der Waals surface area contributed by atoms with Crippen molar-refractivity contribution in [2.45, 2.75) is 6.04 Å². The van der Waals surface area contributed by atoms with E-state index in [0.29, 0.717) is 17.1 Å². The molecule has 102 valence electrons. The molecule has 0 fully saturated rings. The van der Waals surface area contributed by atoms with Gasteiger partial charge in [0.05, 0.1) is 19.4 Å². The molecule has 0 aliphatic rings. The number of hydrogen-bond donors (Lipinski definition) is 0. The summed E-state index contributed by atoms with van der Waals surface area (Å²) < 4.78 is 10.2. The van der Waals surface area contributed by atoms with Gasteiger partial charge in [-0.3, -0.25) is 4.79 Å². The normalized spacial score (nSPS) is 11.4. The summed E-state index contributed by atoms with van der Waals surface area (Å²) in [7, 11) is 3.13. The maximum atomic E-state index is 12.3. The minimum Gasteiger partial charge on any atom is -0.497 e. The maximum Gasteiger partial charge on any atom is 0.255 e. The van der Waals surface area contributed by atoms with Crippen molar-refractivity contribution in [3.05, 3.63) is 54.0 Å². The van der Waals surface area contributed by atoms with Crippen LogP contribution in [0.5, 0.6) is 5.75 Å². The number of rotatable bonds is 4. The Morgan fingerprint density at radius 2 is 2.05 bits per heavy atom. The predicted octanol–water partition coefficient (Wildman–Crippen LogP) is 2.63. The van der Waals surface area contributed by atoms with Crippen molar-refractivity contribution < 1.29 is 13.9 Å². The van der Waals surface area contributed by atoms with Crippen LogP contribution in [0.1, 0.15) is 22.2 Å². The van der Waals surface area contributed by atoms with Gasteiger partial charge in [-0.05, 0) is 36.4 Å². The molecule has 0 N–H and O–H groups in total. The molecular weight excluding hydrogens is 256 g/mol. The molecule has 0 spiro atoms. The zero-order valence-electron chi connectivity index (χ0n) is 11.2. The molecule has 5 nitrogen and oxygen atoms in total. The summed E-state index contributed by atoms with van der Waals surface area (Å²) in [6, 6.07) is 11.4. The Kier molecular flexibility index (Phi) is 4.06. The van der Waals surface area contributed by atoms with Gasteiger partial charge in [0.1, 0.15) is 11.5 Å². The van der Waals surface area contributed by atoms with Crippen molar-refractivity contribution >= 4 is 5.91 Å². The van der Waals surface area contributed by atoms with Crippen molar-refractivity contribution in [1.82, 2.24) is 4.90 Å². The number of carbonyl (C=O) groups excluding carboxylic acids is 1. The van der Waals surface area contributed by atoms with Gasteiger partial charge < -0.3 is 14.1 Å². The van der Waals surface area contributed by atoms with Gasteiger partial charge in [-0.15, -0.1) is 0 Å². The number of methoxy groups -OCH3 is 1. The van der Waals surface area contributed by atoms with E-state index < -0.39 is 6.04 Å². The highest BCUT2D eigenvalue weighted by Gasteiger charge is 2.24. The Hall–Kier alpha value is -2.74. The predicted molar refractivity (Wildman–Crippen MR) is 72.1 cm³/mol. The number of nitrogens with zero attached hydrogens (tertiary/aromatic N) is 2. The van der Waals surface area contributed by atoms with E-state index in [2.05, 4.69) is 6.07 Å². The molecule has 1 atom stereocenters. The van der Waals surface area contributed by atoms with E-state index in [1.165, 1.54) is 11.2 Å². The van der Waals surface area contributed by atoms with E-state index in [1.807, 2.05) is 0 Å². The summed E-state index contributed by atoms with van der Waals surface area (Å²) in [6.45, 7) is 0. The van der Waals surface area contributed by atoms with Gasteiger partial charge in [0.15, 0.2) is 6.04 Å². The molecule has 5 heteroatoms. The fourth-order valence-electron chi connectivity index (χ4n) is 1.84. The maximum absolute atomic E-state index is 12.3. The average Bonchev–Trinajstić information content (AvgIpc) is 3.01. The largest absolute Gasteiger partial charge is 0.497 e. The van der Waals surface area contributed by atoms with Gasteiger partial charge >= 0.3 is 0 Å². The van der Waals surface area contributed by atoms with E-state index >= 15 is 0 Å². The minimum atomic E-state index is -0.750. The van der Waals surface area contributed by atoms with E-state index in [-0.39, 0.29) is 5.91 Å². The second-order valence-corrected chi connectivity index (χ2v) is 4.19. The van der Waals surface area contributed by atoms with Crippen LogP contribution in [0, 0.1) is 11.3 Å². The number of amides is 1. The molecular formula is C15H14N2O3. The molecule has 0 radical (unpaired) electrons. The number of nitriles is 1. The molecule has 0 saturated carbocycles. The first-order valence-corrected chi connectivity index (χ1v) is 6.01. The van der Waals surface area contributed by atoms with Gasteiger partial charge in [-0.25, -0.2) is 0 Å². The molecule has 0 bridgehead atoms. The van der Waals surface area contributed by atoms with Gasteiger partial charge in [0.25, 0.3) is 5.91 Å². The van der Waals surface area contributed by atoms with Crippen LogP contribution in [0.4, 0.5) is 0 Å². The van der Waals surface area contributed by atoms with Crippen molar-refractivity contribution in [3.63, 3.8) is 0 Å². The van der Waals surface area contributed by atoms with Crippen LogP contribution in [0.2, 0.25) is 0 Å². The fourth-order valence-corrected chi connectivity index (χ4v) is 1.84. The third-order valence-corrected chi connectivity index (χ3v) is 2.98. The monoisotopic (exact) mass is 270 g/mol. The number of carbonyl (C=O) groups is 1. The summed E-state index contributed by atoms with van der Waals surface area (Å²) in [4.78, 5) is 13.7. The molecule has 1 aromatic carbocycles. The second kappa shape index (κ2) is 5.93. The van der Waals surface area contributed by atoms with Crippen LogP contribution in [0.3, 0.4) is 0 Å². The van der Waals surface area contributed by atoms with Crippen LogP contribution in [0.25, 0.3) is 0 Å². The number of ether oxygens (including phenoxy) is 1. The molecule has 1 aromatic heterocycles. The Morgan fingerprint density at radius 3 is 2.55 bits per heavy atom. The Bertz CT molecular complexity index is 612. The van der Waals surface area contributed by atoms with E-state index in [9.17, 15) is 10.1 Å². The summed E-state index contributed by atoms with van der Waals surface area (Å²) in [6.07, 6.45) is 1.48. The van der Waals surface area contributed by atoms with Gasteiger partial charge in [0.2, 0.25) is 0 Å². The van der Waals surface area contributed by atoms with Gasteiger partial charge in [-0.1, -0.05) is 0 Å². The third-order valence-electron chi connectivity index (χ3n) is 2.98. The minimum absolute atomic E-state index is 0.254. The molecule has 1 amide bonds. The highest BCUT2D eigenvalue weighted by Crippen LogP contribution is 2.21. The average molecular weight is 270 g/mol. The second-order valence-electron chi connectivity index (χ2n) is 4.19. The van der Waals surface area contributed by atoms with Crippen LogP contribution < -0.4 is 4.74 Å². The summed E-state index contributed by atoms with van der Waals surface area (Å²) in [5.41, 5.74) is 0.486. The van der Waals surface area contributed by atoms with Gasteiger partial charge in [-0.2, -0.15) is 5.26 Å². The molecule has 2 rings (SSSR count). The quantitative estimate of drug-likeness (QED) is 0.856. The zero-order valence-corrected chi connectivity index (χ0v) is 11.2. The Balaban J connectivity index is 2.21. The molecule has 0 aliphatic carbocycles. The Morgan fingerprint density at radius 1 is 1.35 bits per heavy atom. The van der Waals surface area contributed by atoms with Crippen molar-refractivity contribution in [2.75, 3.05) is 14.2 Å². The lowest BCUT2D eigenvalue weighted by Gasteiger charge is -2.21. The van der Waals surface area contributed by atoms with Crippen LogP contribution in [-0.2, 0) is 0 Å². The van der Waals surface area contributed by atoms with Crippen LogP contribution >= 0.6 is 0 Å². The number of benzene rings is 1. The van der Waals surface area contributed by atoms with Crippen LogP contribution in [0.15, 0.2) is 47.1 Å². The van der Waals surface area contributed by atoms with Crippen LogP contribution in [-0.4, -0.2) is 25.0 Å². The standard InChI is InChI=1S/C15H14N2O3/c1-17(13(10-16)14-4-3-9-20-14)15(18)11-5-7-12(19-2)8-6-11/h3-9,13H,1-2H3. The van der Waals surface area contributed by atoms with E-state index in [0.717, 1.165) is 0 Å². The summed E-state index contributed by atoms with van der Waals surface area (Å²) in [5, 5.41) is 9.22.